The monoisotopic (exact) mass is 381 g/mol. The van der Waals surface area contributed by atoms with Crippen LogP contribution < -0.4 is 9.99 Å². The summed E-state index contributed by atoms with van der Waals surface area (Å²) in [6.45, 7) is 1.51. The van der Waals surface area contributed by atoms with Gasteiger partial charge in [0, 0.05) is 25.2 Å². The molecular formula is C15H16ClN5OS2. The first-order chi connectivity index (χ1) is 11.6. The third-order valence-electron chi connectivity index (χ3n) is 3.63. The summed E-state index contributed by atoms with van der Waals surface area (Å²) in [6, 6.07) is 7.25. The number of rotatable bonds is 2. The Bertz CT molecular complexity index is 821. The van der Waals surface area contributed by atoms with Crippen molar-refractivity contribution < 1.29 is 4.79 Å². The molecule has 2 aromatic rings. The Morgan fingerprint density at radius 1 is 1.33 bits per heavy atom. The highest BCUT2D eigenvalue weighted by Crippen LogP contribution is 2.15. The van der Waals surface area contributed by atoms with Gasteiger partial charge in [0.15, 0.2) is 15.5 Å². The van der Waals surface area contributed by atoms with Gasteiger partial charge in [-0.15, -0.1) is 5.10 Å². The lowest BCUT2D eigenvalue weighted by atomic mass is 10.3. The molecule has 1 saturated heterocycles. The maximum absolute atomic E-state index is 12.7. The van der Waals surface area contributed by atoms with Crippen molar-refractivity contribution in [1.29, 1.82) is 0 Å². The van der Waals surface area contributed by atoms with Crippen molar-refractivity contribution in [2.24, 2.45) is 4.99 Å². The smallest absolute Gasteiger partial charge is 0.277 e. The van der Waals surface area contributed by atoms with Gasteiger partial charge in [0.2, 0.25) is 0 Å². The van der Waals surface area contributed by atoms with Gasteiger partial charge < -0.3 is 10.2 Å². The van der Waals surface area contributed by atoms with Crippen molar-refractivity contribution >= 4 is 46.4 Å². The number of halogens is 1. The van der Waals surface area contributed by atoms with Crippen LogP contribution in [-0.2, 0) is 0 Å². The van der Waals surface area contributed by atoms with Crippen molar-refractivity contribution in [2.75, 3.05) is 20.1 Å². The zero-order chi connectivity index (χ0) is 17.1. The van der Waals surface area contributed by atoms with Gasteiger partial charge in [0.1, 0.15) is 0 Å². The van der Waals surface area contributed by atoms with E-state index in [-0.39, 0.29) is 5.91 Å². The molecule has 1 aliphatic rings. The lowest BCUT2D eigenvalue weighted by Gasteiger charge is -2.12. The number of hydrogen-bond acceptors (Lipinski definition) is 4. The molecule has 1 aromatic heterocycles. The van der Waals surface area contributed by atoms with Gasteiger partial charge in [0.25, 0.3) is 5.91 Å². The Morgan fingerprint density at radius 3 is 2.62 bits per heavy atom. The van der Waals surface area contributed by atoms with Crippen LogP contribution in [0.1, 0.15) is 23.3 Å². The first kappa shape index (κ1) is 17.1. The highest BCUT2D eigenvalue weighted by molar-refractivity contribution is 7.80. The molecular weight excluding hydrogens is 366 g/mol. The molecule has 24 heavy (non-hydrogen) atoms. The normalized spacial score (nSPS) is 14.9. The molecule has 1 N–H and O–H groups in total. The van der Waals surface area contributed by atoms with E-state index < -0.39 is 0 Å². The summed E-state index contributed by atoms with van der Waals surface area (Å²) in [5.74, 6) is -0.103. The molecule has 0 atom stereocenters. The maximum Gasteiger partial charge on any atom is 0.277 e. The van der Waals surface area contributed by atoms with E-state index >= 15 is 0 Å². The van der Waals surface area contributed by atoms with Crippen LogP contribution in [0.25, 0.3) is 5.69 Å². The van der Waals surface area contributed by atoms with Crippen LogP contribution in [0.15, 0.2) is 29.3 Å². The maximum atomic E-state index is 12.7. The van der Waals surface area contributed by atoms with Gasteiger partial charge in [-0.25, -0.2) is 4.99 Å². The molecule has 9 heteroatoms. The molecule has 0 unspecified atom stereocenters. The second kappa shape index (κ2) is 7.42. The molecule has 1 amide bonds. The number of amides is 1. The molecule has 0 bridgehead atoms. The first-order valence-electron chi connectivity index (χ1n) is 7.51. The van der Waals surface area contributed by atoms with Crippen LogP contribution in [0, 0.1) is 0 Å². The van der Waals surface area contributed by atoms with E-state index in [0.29, 0.717) is 20.5 Å². The van der Waals surface area contributed by atoms with E-state index in [2.05, 4.69) is 15.4 Å². The molecule has 1 fully saturated rings. The molecule has 3 rings (SSSR count). The summed E-state index contributed by atoms with van der Waals surface area (Å²) >= 11 is 12.3. The number of nitrogens with one attached hydrogen (secondary N) is 1. The number of carbonyl (C=O) groups is 1. The summed E-state index contributed by atoms with van der Waals surface area (Å²) < 4.78 is 2.16. The molecule has 6 nitrogen and oxygen atoms in total. The minimum atomic E-state index is -0.103. The van der Waals surface area contributed by atoms with Gasteiger partial charge in [-0.3, -0.25) is 4.79 Å². The third-order valence-corrected chi connectivity index (χ3v) is 5.10. The lowest BCUT2D eigenvalue weighted by Crippen LogP contribution is -2.32. The number of benzene rings is 1. The first-order valence-corrected chi connectivity index (χ1v) is 9.07. The van der Waals surface area contributed by atoms with E-state index in [1.54, 1.807) is 23.3 Å². The highest BCUT2D eigenvalue weighted by atomic mass is 35.5. The van der Waals surface area contributed by atoms with Gasteiger partial charge in [0.05, 0.1) is 5.69 Å². The van der Waals surface area contributed by atoms with Gasteiger partial charge in [-0.1, -0.05) is 11.6 Å². The number of aromatic nitrogens is 2. The fourth-order valence-corrected chi connectivity index (χ4v) is 3.52. The largest absolute Gasteiger partial charge is 0.364 e. The second-order valence-corrected chi connectivity index (χ2v) is 7.00. The van der Waals surface area contributed by atoms with Crippen LogP contribution in [0.3, 0.4) is 0 Å². The SMILES string of the molecule is CNC(=S)/N=c1\sn(-c2ccc(Cl)cc2)nc1C(=O)N1CCCC1. The summed E-state index contributed by atoms with van der Waals surface area (Å²) in [4.78, 5) is 18.9. The topological polar surface area (TPSA) is 62.5 Å². The van der Waals surface area contributed by atoms with Crippen LogP contribution >= 0.6 is 35.4 Å². The zero-order valence-electron chi connectivity index (χ0n) is 13.0. The molecule has 1 aliphatic heterocycles. The molecule has 2 heterocycles. The minimum Gasteiger partial charge on any atom is -0.364 e. The molecule has 0 radical (unpaired) electrons. The number of hydrogen-bond donors (Lipinski definition) is 1. The van der Waals surface area contributed by atoms with Crippen LogP contribution in [0.2, 0.25) is 5.02 Å². The average Bonchev–Trinajstić information content (AvgIpc) is 3.24. The molecule has 0 spiro atoms. The molecule has 0 aliphatic carbocycles. The van der Waals surface area contributed by atoms with E-state index in [1.165, 1.54) is 11.5 Å². The number of likely N-dealkylation sites (tertiary alicyclic amines) is 1. The quantitative estimate of drug-likeness (QED) is 0.810. The Kier molecular flexibility index (Phi) is 5.27. The Morgan fingerprint density at radius 2 is 2.00 bits per heavy atom. The summed E-state index contributed by atoms with van der Waals surface area (Å²) in [5.41, 5.74) is 1.14. The Balaban J connectivity index is 2.05. The lowest BCUT2D eigenvalue weighted by molar-refractivity contribution is 0.0785. The van der Waals surface area contributed by atoms with Crippen molar-refractivity contribution in [2.45, 2.75) is 12.8 Å². The van der Waals surface area contributed by atoms with Crippen molar-refractivity contribution in [3.8, 4) is 5.69 Å². The van der Waals surface area contributed by atoms with Crippen LogP contribution in [-0.4, -0.2) is 45.2 Å². The Hall–Kier alpha value is -1.77. The van der Waals surface area contributed by atoms with E-state index in [0.717, 1.165) is 31.6 Å². The van der Waals surface area contributed by atoms with Crippen LogP contribution in [0.5, 0.6) is 0 Å². The number of nitrogens with zero attached hydrogens (tertiary/aromatic N) is 4. The fraction of sp³-hybridized carbons (Fsp3) is 0.333. The van der Waals surface area contributed by atoms with Crippen molar-refractivity contribution in [3.63, 3.8) is 0 Å². The minimum absolute atomic E-state index is 0.103. The van der Waals surface area contributed by atoms with Gasteiger partial charge >= 0.3 is 0 Å². The van der Waals surface area contributed by atoms with Gasteiger partial charge in [-0.05, 0) is 60.9 Å². The van der Waals surface area contributed by atoms with Crippen molar-refractivity contribution in [1.82, 2.24) is 19.4 Å². The highest BCUT2D eigenvalue weighted by Gasteiger charge is 2.24. The fourth-order valence-electron chi connectivity index (χ4n) is 2.38. The second-order valence-electron chi connectivity index (χ2n) is 5.26. The predicted octanol–water partition coefficient (Wildman–Crippen LogP) is 2.23. The van der Waals surface area contributed by atoms with E-state index in [4.69, 9.17) is 23.8 Å². The molecule has 1 aromatic carbocycles. The number of thiocarbonyl (C=S) groups is 1. The van der Waals surface area contributed by atoms with E-state index in [9.17, 15) is 4.79 Å². The standard InChI is InChI=1S/C15H16ClN5OS2/c1-17-15(23)18-13-12(14(22)20-8-2-3-9-20)19-21(24-13)11-6-4-10(16)5-7-11/h4-7H,2-3,8-9H2,1H3,(H,17,23)/b18-13-. The zero-order valence-corrected chi connectivity index (χ0v) is 15.4. The molecule has 0 saturated carbocycles. The average molecular weight is 382 g/mol. The van der Waals surface area contributed by atoms with E-state index in [1.807, 2.05) is 17.0 Å². The van der Waals surface area contributed by atoms with Gasteiger partial charge in [-0.2, -0.15) is 4.07 Å². The van der Waals surface area contributed by atoms with Crippen LogP contribution in [0.4, 0.5) is 0 Å². The summed E-state index contributed by atoms with van der Waals surface area (Å²) in [6.07, 6.45) is 2.04. The van der Waals surface area contributed by atoms with Crippen molar-refractivity contribution in [3.05, 3.63) is 39.7 Å². The summed E-state index contributed by atoms with van der Waals surface area (Å²) in [5, 5.41) is 8.22. The predicted molar refractivity (Wildman–Crippen MR) is 98.8 cm³/mol. The summed E-state index contributed by atoms with van der Waals surface area (Å²) in [7, 11) is 1.70. The third kappa shape index (κ3) is 3.66. The number of carbonyl (C=O) groups excluding carboxylic acids is 1. The Labute approximate surface area is 153 Å². The molecule has 126 valence electrons.